The van der Waals surface area contributed by atoms with Crippen LogP contribution in [0.3, 0.4) is 0 Å². The monoisotopic (exact) mass is 306 g/mol. The lowest BCUT2D eigenvalue weighted by molar-refractivity contribution is -0.115. The van der Waals surface area contributed by atoms with Gasteiger partial charge in [-0.2, -0.15) is 0 Å². The summed E-state index contributed by atoms with van der Waals surface area (Å²) in [4.78, 5) is 12.1. The van der Waals surface area contributed by atoms with Crippen LogP contribution in [-0.2, 0) is 11.2 Å². The molecule has 1 aliphatic carbocycles. The molecule has 0 aromatic heterocycles. The van der Waals surface area contributed by atoms with E-state index in [2.05, 4.69) is 36.5 Å². The van der Waals surface area contributed by atoms with Crippen molar-refractivity contribution >= 4 is 17.2 Å². The van der Waals surface area contributed by atoms with E-state index in [1.165, 1.54) is 11.1 Å². The van der Waals surface area contributed by atoms with Crippen LogP contribution in [0.4, 0.5) is 11.4 Å². The van der Waals surface area contributed by atoms with Crippen LogP contribution in [0.15, 0.2) is 60.3 Å². The average molecular weight is 306 g/mol. The number of allylic oxidation sites excluding steroid dienone is 2. The molecule has 2 aromatic rings. The van der Waals surface area contributed by atoms with E-state index in [1.807, 2.05) is 24.3 Å². The molecule has 23 heavy (non-hydrogen) atoms. The lowest BCUT2D eigenvalue weighted by Gasteiger charge is -2.24. The van der Waals surface area contributed by atoms with Gasteiger partial charge >= 0.3 is 0 Å². The Morgan fingerprint density at radius 1 is 1.09 bits per heavy atom. The van der Waals surface area contributed by atoms with Gasteiger partial charge in [0, 0.05) is 18.2 Å². The van der Waals surface area contributed by atoms with E-state index in [9.17, 15) is 4.79 Å². The maximum atomic E-state index is 12.1. The number of ketones is 1. The van der Waals surface area contributed by atoms with Crippen molar-refractivity contribution in [1.82, 2.24) is 0 Å². The second kappa shape index (κ2) is 6.69. The summed E-state index contributed by atoms with van der Waals surface area (Å²) in [6.45, 7) is 2.15. The van der Waals surface area contributed by atoms with E-state index >= 15 is 0 Å². The lowest BCUT2D eigenvalue weighted by atomic mass is 9.85. The standard InChI is InChI=1S/C20H22N2O/c1-2-14-7-9-15(10-8-14)16-11-17(13-18(23)12-16)22-20-6-4-3-5-19(20)21/h3-10,13,16,22H,2,11-12,21H2,1H3. The molecule has 0 radical (unpaired) electrons. The lowest BCUT2D eigenvalue weighted by Crippen LogP contribution is -2.17. The second-order valence-electron chi connectivity index (χ2n) is 6.05. The molecule has 0 saturated heterocycles. The van der Waals surface area contributed by atoms with E-state index in [0.29, 0.717) is 12.1 Å². The molecule has 0 spiro atoms. The minimum atomic E-state index is 0.165. The fraction of sp³-hybridized carbons (Fsp3) is 0.250. The topological polar surface area (TPSA) is 55.1 Å². The van der Waals surface area contributed by atoms with Crippen molar-refractivity contribution in [3.8, 4) is 0 Å². The van der Waals surface area contributed by atoms with E-state index < -0.39 is 0 Å². The van der Waals surface area contributed by atoms with Gasteiger partial charge in [0.2, 0.25) is 0 Å². The van der Waals surface area contributed by atoms with Crippen LogP contribution in [0.1, 0.15) is 36.8 Å². The van der Waals surface area contributed by atoms with E-state index in [4.69, 9.17) is 5.73 Å². The summed E-state index contributed by atoms with van der Waals surface area (Å²) in [5.74, 6) is 0.392. The molecule has 1 atom stereocenters. The fourth-order valence-corrected chi connectivity index (χ4v) is 3.02. The summed E-state index contributed by atoms with van der Waals surface area (Å²) in [6.07, 6.45) is 4.14. The Balaban J connectivity index is 1.78. The summed E-state index contributed by atoms with van der Waals surface area (Å²) in [5, 5.41) is 3.32. The Labute approximate surface area is 137 Å². The number of para-hydroxylation sites is 2. The van der Waals surface area contributed by atoms with Gasteiger partial charge in [0.15, 0.2) is 5.78 Å². The highest BCUT2D eigenvalue weighted by atomic mass is 16.1. The summed E-state index contributed by atoms with van der Waals surface area (Å²) < 4.78 is 0. The minimum absolute atomic E-state index is 0.165. The predicted molar refractivity (Wildman–Crippen MR) is 95.4 cm³/mol. The maximum absolute atomic E-state index is 12.1. The van der Waals surface area contributed by atoms with Crippen LogP contribution >= 0.6 is 0 Å². The number of anilines is 2. The number of benzene rings is 2. The quantitative estimate of drug-likeness (QED) is 0.829. The third-order valence-corrected chi connectivity index (χ3v) is 4.36. The van der Waals surface area contributed by atoms with Gasteiger partial charge in [0.1, 0.15) is 0 Å². The van der Waals surface area contributed by atoms with E-state index in [0.717, 1.165) is 24.2 Å². The molecule has 1 aliphatic rings. The predicted octanol–water partition coefficient (Wildman–Crippen LogP) is 4.27. The summed E-state index contributed by atoms with van der Waals surface area (Å²) >= 11 is 0. The molecule has 3 rings (SSSR count). The number of rotatable bonds is 4. The van der Waals surface area contributed by atoms with Crippen LogP contribution in [0, 0.1) is 0 Å². The number of hydrogen-bond donors (Lipinski definition) is 2. The van der Waals surface area contributed by atoms with Crippen molar-refractivity contribution in [2.45, 2.75) is 32.1 Å². The molecule has 0 fully saturated rings. The van der Waals surface area contributed by atoms with E-state index in [1.54, 1.807) is 6.08 Å². The molecule has 0 heterocycles. The summed E-state index contributed by atoms with van der Waals surface area (Å²) in [6, 6.07) is 16.2. The first kappa shape index (κ1) is 15.3. The van der Waals surface area contributed by atoms with Gasteiger partial charge < -0.3 is 11.1 Å². The molecular weight excluding hydrogens is 284 g/mol. The van der Waals surface area contributed by atoms with E-state index in [-0.39, 0.29) is 11.7 Å². The molecule has 118 valence electrons. The third kappa shape index (κ3) is 3.62. The zero-order chi connectivity index (χ0) is 16.2. The van der Waals surface area contributed by atoms with Gasteiger partial charge in [-0.05, 0) is 42.0 Å². The maximum Gasteiger partial charge on any atom is 0.158 e. The Hall–Kier alpha value is -2.55. The number of nitrogens with one attached hydrogen (secondary N) is 1. The number of hydrogen-bond acceptors (Lipinski definition) is 3. The first-order valence-corrected chi connectivity index (χ1v) is 8.09. The average Bonchev–Trinajstić information content (AvgIpc) is 2.56. The molecular formula is C20H22N2O. The van der Waals surface area contributed by atoms with Gasteiger partial charge in [0.05, 0.1) is 11.4 Å². The Morgan fingerprint density at radius 2 is 1.83 bits per heavy atom. The third-order valence-electron chi connectivity index (χ3n) is 4.36. The largest absolute Gasteiger partial charge is 0.397 e. The number of aryl methyl sites for hydroxylation is 1. The van der Waals surface area contributed by atoms with Crippen LogP contribution in [0.25, 0.3) is 0 Å². The van der Waals surface area contributed by atoms with Crippen LogP contribution < -0.4 is 11.1 Å². The Bertz CT molecular complexity index is 732. The number of carbonyl (C=O) groups is 1. The fourth-order valence-electron chi connectivity index (χ4n) is 3.02. The number of nitrogens with two attached hydrogens (primary N) is 1. The van der Waals surface area contributed by atoms with Gasteiger partial charge in [-0.1, -0.05) is 43.3 Å². The molecule has 0 saturated carbocycles. The molecule has 3 N–H and O–H groups in total. The highest BCUT2D eigenvalue weighted by Gasteiger charge is 2.22. The molecule has 0 amide bonds. The number of carbonyl (C=O) groups excluding carboxylic acids is 1. The van der Waals surface area contributed by atoms with Crippen LogP contribution in [-0.4, -0.2) is 5.78 Å². The normalized spacial score (nSPS) is 17.7. The zero-order valence-corrected chi connectivity index (χ0v) is 13.4. The summed E-state index contributed by atoms with van der Waals surface area (Å²) in [7, 11) is 0. The molecule has 1 unspecified atom stereocenters. The molecule has 2 aromatic carbocycles. The SMILES string of the molecule is CCc1ccc(C2CC(=O)C=C(Nc3ccccc3N)C2)cc1. The van der Waals surface area contributed by atoms with Crippen molar-refractivity contribution in [1.29, 1.82) is 0 Å². The number of nitrogen functional groups attached to an aromatic ring is 1. The van der Waals surface area contributed by atoms with Gasteiger partial charge in [0.25, 0.3) is 0 Å². The second-order valence-corrected chi connectivity index (χ2v) is 6.05. The molecule has 0 bridgehead atoms. The summed E-state index contributed by atoms with van der Waals surface area (Å²) in [5.41, 5.74) is 11.0. The molecule has 0 aliphatic heterocycles. The van der Waals surface area contributed by atoms with Gasteiger partial charge in [-0.3, -0.25) is 4.79 Å². The molecule has 3 nitrogen and oxygen atoms in total. The van der Waals surface area contributed by atoms with Crippen molar-refractivity contribution < 1.29 is 4.79 Å². The van der Waals surface area contributed by atoms with Gasteiger partial charge in [-0.25, -0.2) is 0 Å². The highest BCUT2D eigenvalue weighted by molar-refractivity contribution is 5.92. The van der Waals surface area contributed by atoms with Crippen LogP contribution in [0.2, 0.25) is 0 Å². The highest BCUT2D eigenvalue weighted by Crippen LogP contribution is 2.33. The Morgan fingerprint density at radius 3 is 2.52 bits per heavy atom. The van der Waals surface area contributed by atoms with Crippen molar-refractivity contribution in [3.05, 3.63) is 71.4 Å². The van der Waals surface area contributed by atoms with Crippen molar-refractivity contribution in [2.75, 3.05) is 11.1 Å². The van der Waals surface area contributed by atoms with Gasteiger partial charge in [-0.15, -0.1) is 0 Å². The van der Waals surface area contributed by atoms with Crippen LogP contribution in [0.5, 0.6) is 0 Å². The zero-order valence-electron chi connectivity index (χ0n) is 13.4. The molecule has 3 heteroatoms. The van der Waals surface area contributed by atoms with Crippen molar-refractivity contribution in [2.24, 2.45) is 0 Å². The first-order chi connectivity index (χ1) is 11.2. The van der Waals surface area contributed by atoms with Crippen molar-refractivity contribution in [3.63, 3.8) is 0 Å². The minimum Gasteiger partial charge on any atom is -0.397 e. The first-order valence-electron chi connectivity index (χ1n) is 8.09. The Kier molecular flexibility index (Phi) is 4.47. The smallest absolute Gasteiger partial charge is 0.158 e.